The second-order valence-corrected chi connectivity index (χ2v) is 7.07. The van der Waals surface area contributed by atoms with E-state index in [-0.39, 0.29) is 41.0 Å². The first-order valence-corrected chi connectivity index (χ1v) is 9.31. The number of halogens is 3. The van der Waals surface area contributed by atoms with Crippen LogP contribution in [0.2, 0.25) is 5.02 Å². The number of phenols is 1. The quantitative estimate of drug-likeness (QED) is 0.628. The summed E-state index contributed by atoms with van der Waals surface area (Å²) in [5.41, 5.74) is 1.50. The molecule has 28 heavy (non-hydrogen) atoms. The minimum Gasteiger partial charge on any atom is -0.508 e. The molecule has 152 valence electrons. The van der Waals surface area contributed by atoms with Crippen LogP contribution in [0.1, 0.15) is 48.9 Å². The molecule has 0 aliphatic rings. The largest absolute Gasteiger partial charge is 0.508 e. The summed E-state index contributed by atoms with van der Waals surface area (Å²) >= 11 is 6.17. The number of hydrogen-bond acceptors (Lipinski definition) is 4. The zero-order chi connectivity index (χ0) is 21.0. The van der Waals surface area contributed by atoms with Gasteiger partial charge in [-0.05, 0) is 48.6 Å². The Labute approximate surface area is 168 Å². The summed E-state index contributed by atoms with van der Waals surface area (Å²) in [6.45, 7) is 6.65. The fourth-order valence-corrected chi connectivity index (χ4v) is 3.24. The maximum absolute atomic E-state index is 14.8. The van der Waals surface area contributed by atoms with Gasteiger partial charge in [0.2, 0.25) is 0 Å². The molecule has 0 spiro atoms. The van der Waals surface area contributed by atoms with Gasteiger partial charge in [0, 0.05) is 12.0 Å². The summed E-state index contributed by atoms with van der Waals surface area (Å²) in [6, 6.07) is 4.29. The highest BCUT2D eigenvalue weighted by atomic mass is 35.5. The fraction of sp³-hybridized carbons (Fsp3) is 0.381. The molecule has 2 aromatic rings. The third kappa shape index (κ3) is 4.73. The first kappa shape index (κ1) is 22.0. The Kier molecular flexibility index (Phi) is 7.24. The molecule has 0 aliphatic heterocycles. The lowest BCUT2D eigenvalue weighted by Crippen LogP contribution is -2.15. The Morgan fingerprint density at radius 1 is 1.25 bits per heavy atom. The van der Waals surface area contributed by atoms with E-state index in [1.165, 1.54) is 18.2 Å². The maximum atomic E-state index is 14.8. The molecule has 0 atom stereocenters. The Morgan fingerprint density at radius 2 is 1.93 bits per heavy atom. The van der Waals surface area contributed by atoms with Crippen LogP contribution in [0, 0.1) is 18.6 Å². The van der Waals surface area contributed by atoms with Gasteiger partial charge in [-0.15, -0.1) is 0 Å². The first-order chi connectivity index (χ1) is 13.2. The van der Waals surface area contributed by atoms with Crippen LogP contribution in [0.5, 0.6) is 11.5 Å². The molecule has 0 heterocycles. The van der Waals surface area contributed by atoms with Gasteiger partial charge < -0.3 is 14.6 Å². The number of rotatable bonds is 7. The van der Waals surface area contributed by atoms with Crippen LogP contribution in [-0.2, 0) is 16.0 Å². The number of ether oxygens (including phenoxy) is 2. The van der Waals surface area contributed by atoms with Crippen LogP contribution in [0.25, 0.3) is 0 Å². The zero-order valence-corrected chi connectivity index (χ0v) is 17.0. The van der Waals surface area contributed by atoms with Crippen LogP contribution >= 0.6 is 11.6 Å². The average Bonchev–Trinajstić information content (AvgIpc) is 2.62. The number of hydrogen-bond donors (Lipinski definition) is 1. The van der Waals surface area contributed by atoms with Crippen LogP contribution in [0.3, 0.4) is 0 Å². The van der Waals surface area contributed by atoms with Crippen molar-refractivity contribution in [1.29, 1.82) is 0 Å². The highest BCUT2D eigenvalue weighted by molar-refractivity contribution is 6.31. The minimum absolute atomic E-state index is 0.0472. The third-order valence-electron chi connectivity index (χ3n) is 4.33. The number of aromatic hydroxyl groups is 1. The maximum Gasteiger partial charge on any atom is 0.344 e. The van der Waals surface area contributed by atoms with Gasteiger partial charge in [0.1, 0.15) is 11.6 Å². The number of esters is 1. The van der Waals surface area contributed by atoms with Crippen molar-refractivity contribution in [2.75, 3.05) is 13.2 Å². The van der Waals surface area contributed by atoms with Gasteiger partial charge in [0.05, 0.1) is 11.6 Å². The standard InChI is InChI=1S/C21H23ClF2O4/c1-5-27-17(26)10-28-16-8-12(4)14(19(22)21(16)24)9-13-6-7-15(25)18(11(2)3)20(13)23/h6-8,11,25H,5,9-10H2,1-4H3. The topological polar surface area (TPSA) is 55.8 Å². The summed E-state index contributed by atoms with van der Waals surface area (Å²) in [4.78, 5) is 11.4. The first-order valence-electron chi connectivity index (χ1n) is 8.93. The lowest BCUT2D eigenvalue weighted by atomic mass is 9.94. The molecule has 2 rings (SSSR count). The lowest BCUT2D eigenvalue weighted by molar-refractivity contribution is -0.145. The van der Waals surface area contributed by atoms with Crippen molar-refractivity contribution in [1.82, 2.24) is 0 Å². The van der Waals surface area contributed by atoms with Crippen molar-refractivity contribution in [3.05, 3.63) is 57.1 Å². The fourth-order valence-electron chi connectivity index (χ4n) is 2.93. The minimum atomic E-state index is -0.824. The number of carbonyl (C=O) groups excluding carboxylic acids is 1. The van der Waals surface area contributed by atoms with E-state index < -0.39 is 24.2 Å². The molecular weight excluding hydrogens is 390 g/mol. The SMILES string of the molecule is CCOC(=O)COc1cc(C)c(Cc2ccc(O)c(C(C)C)c2F)c(Cl)c1F. The van der Waals surface area contributed by atoms with E-state index in [1.54, 1.807) is 27.7 Å². The predicted octanol–water partition coefficient (Wildman–Crippen LogP) is 5.29. The van der Waals surface area contributed by atoms with E-state index in [2.05, 4.69) is 0 Å². The van der Waals surface area contributed by atoms with Crippen molar-refractivity contribution in [3.63, 3.8) is 0 Å². The van der Waals surface area contributed by atoms with Gasteiger partial charge in [-0.3, -0.25) is 0 Å². The number of phenolic OH excluding ortho intramolecular Hbond substituents is 1. The summed E-state index contributed by atoms with van der Waals surface area (Å²) in [6.07, 6.45) is 0.0472. The van der Waals surface area contributed by atoms with Gasteiger partial charge in [0.25, 0.3) is 0 Å². The highest BCUT2D eigenvalue weighted by Crippen LogP contribution is 2.35. The van der Waals surface area contributed by atoms with Crippen LogP contribution < -0.4 is 4.74 Å². The van der Waals surface area contributed by atoms with E-state index >= 15 is 0 Å². The second kappa shape index (κ2) is 9.24. The molecule has 2 aromatic carbocycles. The Balaban J connectivity index is 2.34. The molecule has 0 unspecified atom stereocenters. The van der Waals surface area contributed by atoms with Gasteiger partial charge in [-0.2, -0.15) is 0 Å². The monoisotopic (exact) mass is 412 g/mol. The smallest absolute Gasteiger partial charge is 0.344 e. The van der Waals surface area contributed by atoms with E-state index in [9.17, 15) is 18.7 Å². The van der Waals surface area contributed by atoms with Crippen molar-refractivity contribution in [3.8, 4) is 11.5 Å². The van der Waals surface area contributed by atoms with Crippen molar-refractivity contribution in [2.24, 2.45) is 0 Å². The van der Waals surface area contributed by atoms with Crippen molar-refractivity contribution >= 4 is 17.6 Å². The van der Waals surface area contributed by atoms with Gasteiger partial charge in [-0.1, -0.05) is 31.5 Å². The number of benzene rings is 2. The van der Waals surface area contributed by atoms with E-state index in [4.69, 9.17) is 21.1 Å². The Hall–Kier alpha value is -2.34. The summed E-state index contributed by atoms with van der Waals surface area (Å²) in [5.74, 6) is -2.48. The van der Waals surface area contributed by atoms with E-state index in [0.717, 1.165) is 0 Å². The molecule has 0 bridgehead atoms. The molecule has 4 nitrogen and oxygen atoms in total. The van der Waals surface area contributed by atoms with E-state index in [1.807, 2.05) is 0 Å². The van der Waals surface area contributed by atoms with E-state index in [0.29, 0.717) is 16.7 Å². The molecule has 0 fully saturated rings. The van der Waals surface area contributed by atoms with Gasteiger partial charge >= 0.3 is 5.97 Å². The van der Waals surface area contributed by atoms with Crippen molar-refractivity contribution in [2.45, 2.75) is 40.0 Å². The highest BCUT2D eigenvalue weighted by Gasteiger charge is 2.21. The Bertz CT molecular complexity index is 881. The molecule has 0 aliphatic carbocycles. The second-order valence-electron chi connectivity index (χ2n) is 6.69. The van der Waals surface area contributed by atoms with Crippen LogP contribution in [0.15, 0.2) is 18.2 Å². The summed E-state index contributed by atoms with van der Waals surface area (Å²) in [7, 11) is 0. The summed E-state index contributed by atoms with van der Waals surface area (Å²) < 4.78 is 39.3. The number of carbonyl (C=O) groups is 1. The van der Waals surface area contributed by atoms with Gasteiger partial charge in [0.15, 0.2) is 18.2 Å². The molecule has 0 amide bonds. The van der Waals surface area contributed by atoms with Crippen molar-refractivity contribution < 1.29 is 28.2 Å². The molecular formula is C21H23ClF2O4. The molecule has 7 heteroatoms. The molecule has 0 radical (unpaired) electrons. The van der Waals surface area contributed by atoms with Crippen LogP contribution in [0.4, 0.5) is 8.78 Å². The average molecular weight is 413 g/mol. The zero-order valence-electron chi connectivity index (χ0n) is 16.2. The van der Waals surface area contributed by atoms with Gasteiger partial charge in [-0.25, -0.2) is 13.6 Å². The lowest BCUT2D eigenvalue weighted by Gasteiger charge is -2.16. The molecule has 0 saturated heterocycles. The summed E-state index contributed by atoms with van der Waals surface area (Å²) in [5, 5.41) is 9.71. The third-order valence-corrected chi connectivity index (χ3v) is 4.72. The Morgan fingerprint density at radius 3 is 2.54 bits per heavy atom. The normalized spacial score (nSPS) is 11.0. The van der Waals surface area contributed by atoms with Crippen LogP contribution in [-0.4, -0.2) is 24.3 Å². The predicted molar refractivity (Wildman–Crippen MR) is 103 cm³/mol. The molecule has 0 aromatic heterocycles. The molecule has 0 saturated carbocycles. The molecule has 1 N–H and O–H groups in total. The number of aryl methyl sites for hydroxylation is 1.